The zero-order valence-corrected chi connectivity index (χ0v) is 22.6. The van der Waals surface area contributed by atoms with Gasteiger partial charge in [-0.2, -0.15) is 0 Å². The maximum Gasteiger partial charge on any atom is 0.232 e. The maximum atomic E-state index is 13.2. The summed E-state index contributed by atoms with van der Waals surface area (Å²) in [4.78, 5) is 27.1. The van der Waals surface area contributed by atoms with E-state index in [2.05, 4.69) is 27.7 Å². The molecule has 0 saturated carbocycles. The standard InChI is InChI=1S/C30H33Cl2N3O2/c1-21(36)34-28-5-2-4-25(20-28)22-14-18-35(19-15-22)17-3-16-33-30(37)29(23-6-10-26(31)11-7-23)24-8-12-27(32)13-9-24/h2,4-13,20,22,29H,3,14-19H2,1H3,(H,33,37)(H,34,36). The van der Waals surface area contributed by atoms with Crippen LogP contribution in [0.1, 0.15) is 54.7 Å². The van der Waals surface area contributed by atoms with Crippen molar-refractivity contribution in [2.24, 2.45) is 0 Å². The van der Waals surface area contributed by atoms with Gasteiger partial charge >= 0.3 is 0 Å². The van der Waals surface area contributed by atoms with Crippen LogP contribution in [0.3, 0.4) is 0 Å². The summed E-state index contributed by atoms with van der Waals surface area (Å²) in [5.74, 6) is 0.0109. The molecule has 0 unspecified atom stereocenters. The molecule has 194 valence electrons. The topological polar surface area (TPSA) is 61.4 Å². The summed E-state index contributed by atoms with van der Waals surface area (Å²) in [6.45, 7) is 5.16. The Kier molecular flexibility index (Phi) is 9.62. The first kappa shape index (κ1) is 27.2. The van der Waals surface area contributed by atoms with E-state index in [1.807, 2.05) is 60.7 Å². The van der Waals surface area contributed by atoms with E-state index in [1.54, 1.807) is 0 Å². The number of piperidine rings is 1. The van der Waals surface area contributed by atoms with Crippen LogP contribution in [0, 0.1) is 0 Å². The smallest absolute Gasteiger partial charge is 0.232 e. The second-order valence-corrected chi connectivity index (χ2v) is 10.5. The maximum absolute atomic E-state index is 13.2. The number of nitrogens with one attached hydrogen (secondary N) is 2. The number of amides is 2. The minimum Gasteiger partial charge on any atom is -0.355 e. The average molecular weight is 539 g/mol. The Hall–Kier alpha value is -2.86. The molecule has 3 aromatic rings. The van der Waals surface area contributed by atoms with Crippen molar-refractivity contribution in [2.45, 2.75) is 38.0 Å². The molecule has 0 aromatic heterocycles. The molecule has 1 saturated heterocycles. The molecule has 2 N–H and O–H groups in total. The van der Waals surface area contributed by atoms with Crippen LogP contribution in [0.25, 0.3) is 0 Å². The van der Waals surface area contributed by atoms with Crippen LogP contribution in [-0.4, -0.2) is 42.9 Å². The van der Waals surface area contributed by atoms with Gasteiger partial charge in [0.2, 0.25) is 11.8 Å². The first-order valence-corrected chi connectivity index (χ1v) is 13.5. The normalized spacial score (nSPS) is 14.5. The lowest BCUT2D eigenvalue weighted by atomic mass is 9.89. The fourth-order valence-corrected chi connectivity index (χ4v) is 5.24. The summed E-state index contributed by atoms with van der Waals surface area (Å²) < 4.78 is 0. The van der Waals surface area contributed by atoms with Crippen molar-refractivity contribution < 1.29 is 9.59 Å². The average Bonchev–Trinajstić information content (AvgIpc) is 2.89. The number of likely N-dealkylation sites (tertiary alicyclic amines) is 1. The Balaban J connectivity index is 1.26. The van der Waals surface area contributed by atoms with Crippen LogP contribution in [0.5, 0.6) is 0 Å². The van der Waals surface area contributed by atoms with E-state index in [1.165, 1.54) is 12.5 Å². The molecule has 7 heteroatoms. The van der Waals surface area contributed by atoms with Crippen molar-refractivity contribution in [3.8, 4) is 0 Å². The van der Waals surface area contributed by atoms with E-state index in [4.69, 9.17) is 23.2 Å². The van der Waals surface area contributed by atoms with Gasteiger partial charge in [-0.1, -0.05) is 59.6 Å². The minimum absolute atomic E-state index is 0.0256. The molecule has 0 aliphatic carbocycles. The molecule has 1 heterocycles. The van der Waals surface area contributed by atoms with E-state index in [0.29, 0.717) is 22.5 Å². The minimum atomic E-state index is -0.418. The monoisotopic (exact) mass is 537 g/mol. The Labute approximate surface area is 229 Å². The van der Waals surface area contributed by atoms with Crippen molar-refractivity contribution in [1.82, 2.24) is 10.2 Å². The molecule has 5 nitrogen and oxygen atoms in total. The third kappa shape index (κ3) is 7.81. The van der Waals surface area contributed by atoms with Gasteiger partial charge in [0, 0.05) is 29.2 Å². The summed E-state index contributed by atoms with van der Waals surface area (Å²) in [6.07, 6.45) is 3.07. The molecule has 1 aliphatic rings. The van der Waals surface area contributed by atoms with Crippen LogP contribution in [0.2, 0.25) is 10.0 Å². The molecular weight excluding hydrogens is 505 g/mol. The molecule has 2 amide bonds. The van der Waals surface area contributed by atoms with Crippen molar-refractivity contribution in [2.75, 3.05) is 31.5 Å². The van der Waals surface area contributed by atoms with Gasteiger partial charge in [0.25, 0.3) is 0 Å². The number of rotatable bonds is 9. The fraction of sp³-hybridized carbons (Fsp3) is 0.333. The van der Waals surface area contributed by atoms with Gasteiger partial charge in [-0.15, -0.1) is 0 Å². The number of anilines is 1. The summed E-state index contributed by atoms with van der Waals surface area (Å²) in [5, 5.41) is 7.30. The Morgan fingerprint density at radius 1 is 0.919 bits per heavy atom. The Morgan fingerprint density at radius 3 is 2.08 bits per heavy atom. The Morgan fingerprint density at radius 2 is 1.51 bits per heavy atom. The molecule has 0 atom stereocenters. The molecule has 1 fully saturated rings. The first-order chi connectivity index (χ1) is 17.9. The SMILES string of the molecule is CC(=O)Nc1cccc(C2CCN(CCCNC(=O)C(c3ccc(Cl)cc3)c3ccc(Cl)cc3)CC2)c1. The van der Waals surface area contributed by atoms with Crippen molar-refractivity contribution in [1.29, 1.82) is 0 Å². The molecule has 0 bridgehead atoms. The Bertz CT molecular complexity index is 1140. The number of carbonyl (C=O) groups is 2. The molecule has 4 rings (SSSR count). The predicted molar refractivity (Wildman–Crippen MR) is 152 cm³/mol. The van der Waals surface area contributed by atoms with Crippen molar-refractivity contribution in [3.05, 3.63) is 99.5 Å². The lowest BCUT2D eigenvalue weighted by Gasteiger charge is -2.32. The van der Waals surface area contributed by atoms with Crippen molar-refractivity contribution >= 4 is 40.7 Å². The second-order valence-electron chi connectivity index (χ2n) is 9.60. The number of carbonyl (C=O) groups excluding carboxylic acids is 2. The number of benzene rings is 3. The number of hydrogen-bond acceptors (Lipinski definition) is 3. The summed E-state index contributed by atoms with van der Waals surface area (Å²) >= 11 is 12.1. The summed E-state index contributed by atoms with van der Waals surface area (Å²) in [7, 11) is 0. The van der Waals surface area contributed by atoms with Crippen molar-refractivity contribution in [3.63, 3.8) is 0 Å². The summed E-state index contributed by atoms with van der Waals surface area (Å²) in [6, 6.07) is 23.0. The van der Waals surface area contributed by atoms with Gasteiger partial charge in [-0.25, -0.2) is 0 Å². The zero-order valence-electron chi connectivity index (χ0n) is 21.1. The fourth-order valence-electron chi connectivity index (χ4n) is 4.99. The van der Waals surface area contributed by atoms with E-state index in [0.717, 1.165) is 55.7 Å². The first-order valence-electron chi connectivity index (χ1n) is 12.8. The van der Waals surface area contributed by atoms with E-state index < -0.39 is 5.92 Å². The van der Waals surface area contributed by atoms with E-state index >= 15 is 0 Å². The largest absolute Gasteiger partial charge is 0.355 e. The number of halogens is 2. The molecule has 37 heavy (non-hydrogen) atoms. The highest BCUT2D eigenvalue weighted by molar-refractivity contribution is 6.30. The molecule has 0 spiro atoms. The highest BCUT2D eigenvalue weighted by atomic mass is 35.5. The van der Waals surface area contributed by atoms with Crippen LogP contribution in [0.15, 0.2) is 72.8 Å². The third-order valence-electron chi connectivity index (χ3n) is 6.89. The summed E-state index contributed by atoms with van der Waals surface area (Å²) in [5.41, 5.74) is 3.94. The highest BCUT2D eigenvalue weighted by Gasteiger charge is 2.23. The highest BCUT2D eigenvalue weighted by Crippen LogP contribution is 2.30. The molecule has 3 aromatic carbocycles. The van der Waals surface area contributed by atoms with E-state index in [-0.39, 0.29) is 11.8 Å². The van der Waals surface area contributed by atoms with Gasteiger partial charge in [0.1, 0.15) is 0 Å². The van der Waals surface area contributed by atoms with Gasteiger partial charge in [0.15, 0.2) is 0 Å². The quantitative estimate of drug-likeness (QED) is 0.307. The van der Waals surface area contributed by atoms with Gasteiger partial charge in [-0.3, -0.25) is 9.59 Å². The predicted octanol–water partition coefficient (Wildman–Crippen LogP) is 6.47. The van der Waals surface area contributed by atoms with Crippen LogP contribution in [-0.2, 0) is 9.59 Å². The molecule has 0 radical (unpaired) electrons. The number of hydrogen-bond donors (Lipinski definition) is 2. The van der Waals surface area contributed by atoms with Crippen LogP contribution >= 0.6 is 23.2 Å². The lowest BCUT2D eigenvalue weighted by Crippen LogP contribution is -2.36. The van der Waals surface area contributed by atoms with Gasteiger partial charge in [0.05, 0.1) is 5.92 Å². The van der Waals surface area contributed by atoms with Gasteiger partial charge in [-0.05, 0) is 97.9 Å². The zero-order chi connectivity index (χ0) is 26.2. The van der Waals surface area contributed by atoms with Crippen LogP contribution in [0.4, 0.5) is 5.69 Å². The molecule has 1 aliphatic heterocycles. The number of nitrogens with zero attached hydrogens (tertiary/aromatic N) is 1. The van der Waals surface area contributed by atoms with Crippen LogP contribution < -0.4 is 10.6 Å². The van der Waals surface area contributed by atoms with E-state index in [9.17, 15) is 9.59 Å². The van der Waals surface area contributed by atoms with Gasteiger partial charge < -0.3 is 15.5 Å². The molecular formula is C30H33Cl2N3O2. The third-order valence-corrected chi connectivity index (χ3v) is 7.39. The second kappa shape index (κ2) is 13.1. The lowest BCUT2D eigenvalue weighted by molar-refractivity contribution is -0.121.